The highest BCUT2D eigenvalue weighted by molar-refractivity contribution is 5.44. The van der Waals surface area contributed by atoms with E-state index < -0.39 is 12.7 Å². The summed E-state index contributed by atoms with van der Waals surface area (Å²) in [5, 5.41) is 12.0. The molecule has 1 aliphatic rings. The molecular formula is C14H17F3N4. The van der Waals surface area contributed by atoms with Crippen molar-refractivity contribution in [3.63, 3.8) is 0 Å². The fraction of sp³-hybridized carbons (Fsp3) is 0.571. The van der Waals surface area contributed by atoms with Crippen LogP contribution in [0, 0.1) is 24.2 Å². The van der Waals surface area contributed by atoms with Gasteiger partial charge in [-0.15, -0.1) is 0 Å². The van der Waals surface area contributed by atoms with Crippen LogP contribution in [-0.4, -0.2) is 42.2 Å². The zero-order chi connectivity index (χ0) is 15.5. The van der Waals surface area contributed by atoms with E-state index in [1.54, 1.807) is 19.1 Å². The summed E-state index contributed by atoms with van der Waals surface area (Å²) in [4.78, 5) is 5.69. The van der Waals surface area contributed by atoms with E-state index in [1.165, 1.54) is 4.90 Å². The van der Waals surface area contributed by atoms with Crippen LogP contribution in [0.4, 0.5) is 19.0 Å². The van der Waals surface area contributed by atoms with Gasteiger partial charge in [-0.2, -0.15) is 18.4 Å². The highest BCUT2D eigenvalue weighted by Gasteiger charge is 2.34. The molecule has 0 bridgehead atoms. The van der Waals surface area contributed by atoms with E-state index in [2.05, 4.69) is 16.4 Å². The lowest BCUT2D eigenvalue weighted by Gasteiger charge is -2.18. The number of aromatic nitrogens is 1. The third-order valence-electron chi connectivity index (χ3n) is 3.43. The lowest BCUT2D eigenvalue weighted by molar-refractivity contribution is -0.143. The molecule has 1 atom stereocenters. The molecule has 2 heterocycles. The minimum atomic E-state index is -4.14. The second-order valence-corrected chi connectivity index (χ2v) is 5.38. The molecule has 1 saturated heterocycles. The van der Waals surface area contributed by atoms with E-state index >= 15 is 0 Å². The predicted octanol–water partition coefficient (Wildman–Crippen LogP) is 2.56. The third kappa shape index (κ3) is 4.90. The Bertz CT molecular complexity index is 536. The molecule has 0 saturated carbocycles. The van der Waals surface area contributed by atoms with Crippen molar-refractivity contribution in [1.82, 2.24) is 9.88 Å². The van der Waals surface area contributed by atoms with Crippen LogP contribution >= 0.6 is 0 Å². The van der Waals surface area contributed by atoms with Crippen molar-refractivity contribution >= 4 is 5.82 Å². The topological polar surface area (TPSA) is 52.0 Å². The fourth-order valence-electron chi connectivity index (χ4n) is 2.55. The fourth-order valence-corrected chi connectivity index (χ4v) is 2.55. The maximum atomic E-state index is 12.3. The Hall–Kier alpha value is -1.81. The molecule has 1 aromatic rings. The van der Waals surface area contributed by atoms with Crippen LogP contribution < -0.4 is 5.32 Å². The van der Waals surface area contributed by atoms with Crippen LogP contribution in [0.1, 0.15) is 17.7 Å². The highest BCUT2D eigenvalue weighted by atomic mass is 19.4. The SMILES string of the molecule is Cc1cc(C#N)cc(NCC2CCN(CC(F)(F)F)C2)n1. The minimum absolute atomic E-state index is 0.167. The maximum Gasteiger partial charge on any atom is 0.401 e. The van der Waals surface area contributed by atoms with E-state index in [0.29, 0.717) is 31.0 Å². The number of aryl methyl sites for hydroxylation is 1. The van der Waals surface area contributed by atoms with Gasteiger partial charge in [-0.05, 0) is 37.9 Å². The van der Waals surface area contributed by atoms with E-state index in [0.717, 1.165) is 12.1 Å². The first kappa shape index (κ1) is 15.6. The molecule has 2 rings (SSSR count). The summed E-state index contributed by atoms with van der Waals surface area (Å²) < 4.78 is 36.9. The second kappa shape index (κ2) is 6.31. The molecule has 1 fully saturated rings. The van der Waals surface area contributed by atoms with Gasteiger partial charge >= 0.3 is 6.18 Å². The third-order valence-corrected chi connectivity index (χ3v) is 3.43. The minimum Gasteiger partial charge on any atom is -0.370 e. The number of hydrogen-bond acceptors (Lipinski definition) is 4. The zero-order valence-corrected chi connectivity index (χ0v) is 11.7. The van der Waals surface area contributed by atoms with Gasteiger partial charge in [-0.25, -0.2) is 4.98 Å². The number of nitrogens with zero attached hydrogens (tertiary/aromatic N) is 3. The molecule has 0 radical (unpaired) electrons. The Morgan fingerprint density at radius 1 is 1.48 bits per heavy atom. The summed E-state index contributed by atoms with van der Waals surface area (Å²) in [5.41, 5.74) is 1.26. The number of pyridine rings is 1. The van der Waals surface area contributed by atoms with Crippen LogP contribution in [0.3, 0.4) is 0 Å². The van der Waals surface area contributed by atoms with E-state index in [-0.39, 0.29) is 5.92 Å². The van der Waals surface area contributed by atoms with Gasteiger partial charge in [0.15, 0.2) is 0 Å². The number of likely N-dealkylation sites (tertiary alicyclic amines) is 1. The zero-order valence-electron chi connectivity index (χ0n) is 11.7. The standard InChI is InChI=1S/C14H17F3N4/c1-10-4-12(6-18)5-13(20-10)19-7-11-2-3-21(8-11)9-14(15,16)17/h4-5,11H,2-3,7-9H2,1H3,(H,19,20). The van der Waals surface area contributed by atoms with Crippen molar-refractivity contribution in [2.45, 2.75) is 19.5 Å². The molecule has 0 aliphatic carbocycles. The van der Waals surface area contributed by atoms with Gasteiger partial charge in [0.05, 0.1) is 18.2 Å². The second-order valence-electron chi connectivity index (χ2n) is 5.38. The van der Waals surface area contributed by atoms with Crippen LogP contribution in [0.15, 0.2) is 12.1 Å². The van der Waals surface area contributed by atoms with Crippen molar-refractivity contribution in [3.05, 3.63) is 23.4 Å². The first-order chi connectivity index (χ1) is 9.85. The first-order valence-corrected chi connectivity index (χ1v) is 6.77. The Labute approximate surface area is 121 Å². The van der Waals surface area contributed by atoms with Crippen molar-refractivity contribution in [3.8, 4) is 6.07 Å². The molecule has 1 N–H and O–H groups in total. The molecule has 1 aromatic heterocycles. The Balaban J connectivity index is 1.85. The molecular weight excluding hydrogens is 281 g/mol. The Morgan fingerprint density at radius 2 is 2.24 bits per heavy atom. The van der Waals surface area contributed by atoms with Gasteiger partial charge in [-0.1, -0.05) is 0 Å². The normalized spacial score (nSPS) is 19.5. The lowest BCUT2D eigenvalue weighted by Crippen LogP contribution is -2.33. The van der Waals surface area contributed by atoms with Crippen molar-refractivity contribution in [2.24, 2.45) is 5.92 Å². The van der Waals surface area contributed by atoms with E-state index in [9.17, 15) is 13.2 Å². The smallest absolute Gasteiger partial charge is 0.370 e. The molecule has 1 aliphatic heterocycles. The number of nitriles is 1. The monoisotopic (exact) mass is 298 g/mol. The van der Waals surface area contributed by atoms with Gasteiger partial charge in [-0.3, -0.25) is 4.90 Å². The number of alkyl halides is 3. The molecule has 21 heavy (non-hydrogen) atoms. The molecule has 0 spiro atoms. The van der Waals surface area contributed by atoms with Gasteiger partial charge in [0.2, 0.25) is 0 Å². The van der Waals surface area contributed by atoms with Crippen molar-refractivity contribution < 1.29 is 13.2 Å². The summed E-state index contributed by atoms with van der Waals surface area (Å²) in [7, 11) is 0. The van der Waals surface area contributed by atoms with Gasteiger partial charge in [0.25, 0.3) is 0 Å². The summed E-state index contributed by atoms with van der Waals surface area (Å²) in [6.45, 7) is 2.42. The van der Waals surface area contributed by atoms with Gasteiger partial charge in [0.1, 0.15) is 5.82 Å². The summed E-state index contributed by atoms with van der Waals surface area (Å²) in [6, 6.07) is 5.39. The maximum absolute atomic E-state index is 12.3. The van der Waals surface area contributed by atoms with E-state index in [4.69, 9.17) is 5.26 Å². The summed E-state index contributed by atoms with van der Waals surface area (Å²) in [5.74, 6) is 0.765. The van der Waals surface area contributed by atoms with Crippen LogP contribution in [0.25, 0.3) is 0 Å². The number of halogens is 3. The first-order valence-electron chi connectivity index (χ1n) is 6.77. The average molecular weight is 298 g/mol. The summed E-state index contributed by atoms with van der Waals surface area (Å²) in [6.07, 6.45) is -3.40. The Kier molecular flexibility index (Phi) is 4.68. The predicted molar refractivity (Wildman–Crippen MR) is 72.8 cm³/mol. The average Bonchev–Trinajstić information content (AvgIpc) is 2.81. The van der Waals surface area contributed by atoms with Crippen molar-refractivity contribution in [2.75, 3.05) is 31.5 Å². The van der Waals surface area contributed by atoms with Crippen LogP contribution in [-0.2, 0) is 0 Å². The van der Waals surface area contributed by atoms with Gasteiger partial charge in [0, 0.05) is 18.8 Å². The number of anilines is 1. The number of rotatable bonds is 4. The summed E-state index contributed by atoms with van der Waals surface area (Å²) >= 11 is 0. The number of nitrogens with one attached hydrogen (secondary N) is 1. The molecule has 0 aromatic carbocycles. The Morgan fingerprint density at radius 3 is 2.90 bits per heavy atom. The molecule has 4 nitrogen and oxygen atoms in total. The highest BCUT2D eigenvalue weighted by Crippen LogP contribution is 2.23. The van der Waals surface area contributed by atoms with E-state index in [1.807, 2.05) is 0 Å². The van der Waals surface area contributed by atoms with Crippen LogP contribution in [0.5, 0.6) is 0 Å². The number of hydrogen-bond donors (Lipinski definition) is 1. The lowest BCUT2D eigenvalue weighted by atomic mass is 10.1. The molecule has 1 unspecified atom stereocenters. The largest absolute Gasteiger partial charge is 0.401 e. The molecule has 0 amide bonds. The van der Waals surface area contributed by atoms with Crippen molar-refractivity contribution in [1.29, 1.82) is 5.26 Å². The van der Waals surface area contributed by atoms with Crippen LogP contribution in [0.2, 0.25) is 0 Å². The molecule has 7 heteroatoms. The van der Waals surface area contributed by atoms with Gasteiger partial charge < -0.3 is 5.32 Å². The quantitative estimate of drug-likeness (QED) is 0.928. The molecule has 114 valence electrons.